The number of aromatic nitrogens is 1. The van der Waals surface area contributed by atoms with Crippen molar-refractivity contribution in [1.29, 1.82) is 0 Å². The van der Waals surface area contributed by atoms with Crippen LogP contribution in [-0.4, -0.2) is 10.9 Å². The Labute approximate surface area is 97.5 Å². The van der Waals surface area contributed by atoms with Gasteiger partial charge in [-0.15, -0.1) is 0 Å². The summed E-state index contributed by atoms with van der Waals surface area (Å²) in [6, 6.07) is 7.91. The highest BCUT2D eigenvalue weighted by Gasteiger charge is 2.39. The number of carbonyl (C=O) groups is 1. The second-order valence-electron chi connectivity index (χ2n) is 4.30. The number of anilines is 1. The van der Waals surface area contributed by atoms with Crippen molar-refractivity contribution >= 4 is 32.6 Å². The van der Waals surface area contributed by atoms with Gasteiger partial charge >= 0.3 is 0 Å². The Kier molecular flexibility index (Phi) is 2.17. The van der Waals surface area contributed by atoms with Gasteiger partial charge in [-0.05, 0) is 24.5 Å². The Balaban J connectivity index is 1.81. The van der Waals surface area contributed by atoms with Crippen LogP contribution in [0.4, 0.5) is 5.13 Å². The van der Waals surface area contributed by atoms with E-state index < -0.39 is 0 Å². The number of nitrogens with zero attached hydrogens (tertiary/aromatic N) is 1. The topological polar surface area (TPSA) is 42.0 Å². The molecule has 16 heavy (non-hydrogen) atoms. The maximum absolute atomic E-state index is 11.7. The molecule has 0 aliphatic heterocycles. The smallest absolute Gasteiger partial charge is 0.229 e. The van der Waals surface area contributed by atoms with Crippen molar-refractivity contribution in [3.8, 4) is 0 Å². The Morgan fingerprint density at radius 1 is 1.50 bits per heavy atom. The van der Waals surface area contributed by atoms with Gasteiger partial charge in [0.05, 0.1) is 10.2 Å². The van der Waals surface area contributed by atoms with E-state index in [1.807, 2.05) is 24.3 Å². The van der Waals surface area contributed by atoms with E-state index in [4.69, 9.17) is 0 Å². The van der Waals surface area contributed by atoms with Crippen molar-refractivity contribution in [2.24, 2.45) is 11.8 Å². The molecule has 4 heteroatoms. The highest BCUT2D eigenvalue weighted by atomic mass is 32.1. The monoisotopic (exact) mass is 232 g/mol. The van der Waals surface area contributed by atoms with E-state index >= 15 is 0 Å². The van der Waals surface area contributed by atoms with Crippen LogP contribution in [0.2, 0.25) is 0 Å². The predicted molar refractivity (Wildman–Crippen MR) is 65.5 cm³/mol. The number of para-hydroxylation sites is 1. The molecule has 2 aromatic rings. The maximum atomic E-state index is 11.7. The van der Waals surface area contributed by atoms with E-state index in [0.29, 0.717) is 11.0 Å². The minimum Gasteiger partial charge on any atom is -0.302 e. The molecule has 1 N–H and O–H groups in total. The molecule has 2 atom stereocenters. The van der Waals surface area contributed by atoms with Gasteiger partial charge in [0.2, 0.25) is 5.91 Å². The zero-order valence-electron chi connectivity index (χ0n) is 8.93. The molecule has 0 bridgehead atoms. The molecule has 1 heterocycles. The van der Waals surface area contributed by atoms with Crippen LogP contribution in [0.15, 0.2) is 24.3 Å². The fraction of sp³-hybridized carbons (Fsp3) is 0.333. The molecular formula is C12H12N2OS. The third-order valence-electron chi connectivity index (χ3n) is 2.97. The third kappa shape index (κ3) is 1.69. The first-order valence-corrected chi connectivity index (χ1v) is 6.22. The van der Waals surface area contributed by atoms with Crippen LogP contribution >= 0.6 is 11.3 Å². The molecule has 1 amide bonds. The Hall–Kier alpha value is -1.42. The van der Waals surface area contributed by atoms with Crippen molar-refractivity contribution in [2.75, 3.05) is 5.32 Å². The second-order valence-corrected chi connectivity index (χ2v) is 5.33. The van der Waals surface area contributed by atoms with Crippen molar-refractivity contribution in [2.45, 2.75) is 13.3 Å². The van der Waals surface area contributed by atoms with Gasteiger partial charge in [0.15, 0.2) is 5.13 Å². The largest absolute Gasteiger partial charge is 0.302 e. The van der Waals surface area contributed by atoms with Crippen molar-refractivity contribution in [1.82, 2.24) is 4.98 Å². The van der Waals surface area contributed by atoms with Crippen LogP contribution in [-0.2, 0) is 4.79 Å². The highest BCUT2D eigenvalue weighted by molar-refractivity contribution is 7.22. The van der Waals surface area contributed by atoms with Crippen LogP contribution in [0.1, 0.15) is 13.3 Å². The highest BCUT2D eigenvalue weighted by Crippen LogP contribution is 2.39. The number of hydrogen-bond donors (Lipinski definition) is 1. The van der Waals surface area contributed by atoms with Crippen molar-refractivity contribution in [3.63, 3.8) is 0 Å². The van der Waals surface area contributed by atoms with Crippen LogP contribution in [0.5, 0.6) is 0 Å². The fourth-order valence-electron chi connectivity index (χ4n) is 1.81. The van der Waals surface area contributed by atoms with E-state index in [0.717, 1.165) is 16.6 Å². The summed E-state index contributed by atoms with van der Waals surface area (Å²) < 4.78 is 1.11. The van der Waals surface area contributed by atoms with Gasteiger partial charge in [-0.3, -0.25) is 4.79 Å². The van der Waals surface area contributed by atoms with Crippen molar-refractivity contribution < 1.29 is 4.79 Å². The minimum atomic E-state index is 0.117. The number of hydrogen-bond acceptors (Lipinski definition) is 3. The number of carbonyl (C=O) groups excluding carboxylic acids is 1. The first-order valence-electron chi connectivity index (χ1n) is 5.40. The van der Waals surface area contributed by atoms with E-state index in [9.17, 15) is 4.79 Å². The van der Waals surface area contributed by atoms with Gasteiger partial charge in [0.1, 0.15) is 0 Å². The summed E-state index contributed by atoms with van der Waals surface area (Å²) in [6.45, 7) is 2.10. The number of nitrogens with one attached hydrogen (secondary N) is 1. The summed E-state index contributed by atoms with van der Waals surface area (Å²) in [5, 5.41) is 3.61. The van der Waals surface area contributed by atoms with Gasteiger partial charge in [-0.25, -0.2) is 4.98 Å². The standard InChI is InChI=1S/C12H12N2OS/c1-7-6-8(7)11(15)14-12-13-9-4-2-3-5-10(9)16-12/h2-5,7-8H,6H2,1H3,(H,13,14,15). The molecule has 2 unspecified atom stereocenters. The lowest BCUT2D eigenvalue weighted by Gasteiger charge is -1.97. The quantitative estimate of drug-likeness (QED) is 0.865. The molecule has 1 aliphatic carbocycles. The zero-order chi connectivity index (χ0) is 11.1. The first kappa shape index (κ1) is 9.78. The van der Waals surface area contributed by atoms with Gasteiger partial charge in [-0.2, -0.15) is 0 Å². The van der Waals surface area contributed by atoms with Crippen LogP contribution < -0.4 is 5.32 Å². The normalized spacial score (nSPS) is 23.3. The van der Waals surface area contributed by atoms with Gasteiger partial charge in [0, 0.05) is 5.92 Å². The number of benzene rings is 1. The number of amides is 1. The third-order valence-corrected chi connectivity index (χ3v) is 3.92. The molecule has 82 valence electrons. The Morgan fingerprint density at radius 2 is 2.25 bits per heavy atom. The molecule has 1 aromatic carbocycles. The minimum absolute atomic E-state index is 0.117. The number of thiazole rings is 1. The van der Waals surface area contributed by atoms with Crippen LogP contribution in [0, 0.1) is 11.8 Å². The molecule has 3 rings (SSSR count). The lowest BCUT2D eigenvalue weighted by atomic mass is 10.3. The average molecular weight is 232 g/mol. The Bertz CT molecular complexity index is 516. The lowest BCUT2D eigenvalue weighted by Crippen LogP contribution is -2.14. The van der Waals surface area contributed by atoms with E-state index in [1.54, 1.807) is 0 Å². The summed E-state index contributed by atoms with van der Waals surface area (Å²) in [5.41, 5.74) is 0.951. The first-order chi connectivity index (χ1) is 7.74. The molecule has 1 aromatic heterocycles. The molecule has 0 radical (unpaired) electrons. The SMILES string of the molecule is CC1CC1C(=O)Nc1nc2ccccc2s1. The van der Waals surface area contributed by atoms with Gasteiger partial charge < -0.3 is 5.32 Å². The Morgan fingerprint density at radius 3 is 2.94 bits per heavy atom. The van der Waals surface area contributed by atoms with Gasteiger partial charge in [-0.1, -0.05) is 30.4 Å². The lowest BCUT2D eigenvalue weighted by molar-refractivity contribution is -0.117. The molecule has 1 aliphatic rings. The second kappa shape index (κ2) is 3.56. The zero-order valence-corrected chi connectivity index (χ0v) is 9.75. The van der Waals surface area contributed by atoms with E-state index in [2.05, 4.69) is 17.2 Å². The molecule has 0 spiro atoms. The fourth-order valence-corrected chi connectivity index (χ4v) is 2.68. The van der Waals surface area contributed by atoms with Crippen molar-refractivity contribution in [3.05, 3.63) is 24.3 Å². The molecular weight excluding hydrogens is 220 g/mol. The predicted octanol–water partition coefficient (Wildman–Crippen LogP) is 2.89. The summed E-state index contributed by atoms with van der Waals surface area (Å²) >= 11 is 1.53. The maximum Gasteiger partial charge on any atom is 0.229 e. The summed E-state index contributed by atoms with van der Waals surface area (Å²) in [4.78, 5) is 16.1. The van der Waals surface area contributed by atoms with E-state index in [-0.39, 0.29) is 11.8 Å². The summed E-state index contributed by atoms with van der Waals surface area (Å²) in [6.07, 6.45) is 1.01. The number of fused-ring (bicyclic) bond motifs is 1. The molecule has 1 fully saturated rings. The average Bonchev–Trinajstić information content (AvgIpc) is 2.87. The summed E-state index contributed by atoms with van der Waals surface area (Å²) in [5.74, 6) is 0.855. The summed E-state index contributed by atoms with van der Waals surface area (Å²) in [7, 11) is 0. The molecule has 0 saturated heterocycles. The van der Waals surface area contributed by atoms with Crippen LogP contribution in [0.3, 0.4) is 0 Å². The van der Waals surface area contributed by atoms with E-state index in [1.165, 1.54) is 11.3 Å². The van der Waals surface area contributed by atoms with Crippen LogP contribution in [0.25, 0.3) is 10.2 Å². The molecule has 3 nitrogen and oxygen atoms in total. The van der Waals surface area contributed by atoms with Gasteiger partial charge in [0.25, 0.3) is 0 Å². The number of rotatable bonds is 2. The molecule has 1 saturated carbocycles.